The number of rotatable bonds is 0. The number of anilines is 1. The van der Waals surface area contributed by atoms with Gasteiger partial charge in [0.2, 0.25) is 5.56 Å². The lowest BCUT2D eigenvalue weighted by Crippen LogP contribution is -2.46. The van der Waals surface area contributed by atoms with Gasteiger partial charge in [0.25, 0.3) is 5.91 Å². The van der Waals surface area contributed by atoms with Crippen LogP contribution in [0, 0.1) is 0 Å². The third-order valence-corrected chi connectivity index (χ3v) is 2.03. The molecular weight excluding hydrogens is 184 g/mol. The van der Waals surface area contributed by atoms with E-state index in [0.29, 0.717) is 11.6 Å². The van der Waals surface area contributed by atoms with E-state index in [1.807, 2.05) is 0 Å². The smallest absolute Gasteiger partial charge is 0.269 e. The molecule has 5 nitrogen and oxygen atoms in total. The molecule has 0 bridgehead atoms. The predicted molar refractivity (Wildman–Crippen MR) is 50.4 cm³/mol. The summed E-state index contributed by atoms with van der Waals surface area (Å²) >= 11 is 0. The highest BCUT2D eigenvalue weighted by Gasteiger charge is 2.35. The highest BCUT2D eigenvalue weighted by molar-refractivity contribution is 5.99. The maximum atomic E-state index is 11.4. The first kappa shape index (κ1) is 8.80. The molecule has 2 N–H and O–H groups in total. The summed E-state index contributed by atoms with van der Waals surface area (Å²) in [7, 11) is 0. The van der Waals surface area contributed by atoms with Gasteiger partial charge in [-0.15, -0.1) is 0 Å². The van der Waals surface area contributed by atoms with Gasteiger partial charge in [0.1, 0.15) is 0 Å². The number of pyridine rings is 1. The van der Waals surface area contributed by atoms with Gasteiger partial charge in [0.15, 0.2) is 17.2 Å². The first-order valence-electron chi connectivity index (χ1n) is 4.23. The van der Waals surface area contributed by atoms with Crippen LogP contribution in [0.2, 0.25) is 0 Å². The van der Waals surface area contributed by atoms with Crippen LogP contribution in [-0.2, 0) is 4.79 Å². The fraction of sp³-hybridized carbons (Fsp3) is 0.333. The maximum absolute atomic E-state index is 11.4. The number of hydrogen-bond donors (Lipinski definition) is 2. The summed E-state index contributed by atoms with van der Waals surface area (Å²) in [5, 5.41) is 2.57. The number of carbonyl (C=O) groups excluding carboxylic acids is 1. The van der Waals surface area contributed by atoms with Crippen molar-refractivity contribution in [3.05, 3.63) is 22.5 Å². The Morgan fingerprint density at radius 1 is 1.29 bits per heavy atom. The van der Waals surface area contributed by atoms with E-state index in [2.05, 4.69) is 10.3 Å². The number of fused-ring (bicyclic) bond motifs is 1. The van der Waals surface area contributed by atoms with Gasteiger partial charge >= 0.3 is 0 Å². The van der Waals surface area contributed by atoms with Gasteiger partial charge in [-0.1, -0.05) is 0 Å². The van der Waals surface area contributed by atoms with Crippen LogP contribution >= 0.6 is 0 Å². The van der Waals surface area contributed by atoms with Crippen molar-refractivity contribution in [2.75, 3.05) is 5.32 Å². The Morgan fingerprint density at radius 3 is 2.71 bits per heavy atom. The van der Waals surface area contributed by atoms with Crippen LogP contribution in [-0.4, -0.2) is 16.5 Å². The Hall–Kier alpha value is -1.78. The van der Waals surface area contributed by atoms with Gasteiger partial charge < -0.3 is 15.0 Å². The van der Waals surface area contributed by atoms with E-state index in [1.165, 1.54) is 12.1 Å². The molecule has 2 heterocycles. The minimum absolute atomic E-state index is 0.271. The molecule has 2 rings (SSSR count). The standard InChI is InChI=1S/C9H10N2O3/c1-9(2)8(13)11-7-5(14-9)3-4-6(12)10-7/h3-4H,1-2H3,(H2,10,11,12,13). The Balaban J connectivity index is 2.51. The minimum Gasteiger partial charge on any atom is -0.474 e. The summed E-state index contributed by atoms with van der Waals surface area (Å²) in [6.45, 7) is 3.33. The molecule has 0 aliphatic carbocycles. The van der Waals surface area contributed by atoms with Crippen molar-refractivity contribution in [1.82, 2.24) is 4.98 Å². The van der Waals surface area contributed by atoms with Crippen LogP contribution in [0.3, 0.4) is 0 Å². The van der Waals surface area contributed by atoms with Crippen LogP contribution in [0.5, 0.6) is 5.75 Å². The summed E-state index contributed by atoms with van der Waals surface area (Å²) in [5.41, 5.74) is -1.17. The third kappa shape index (κ3) is 1.26. The van der Waals surface area contributed by atoms with Crippen LogP contribution in [0.25, 0.3) is 0 Å². The largest absolute Gasteiger partial charge is 0.474 e. The topological polar surface area (TPSA) is 71.2 Å². The molecule has 1 aromatic rings. The number of carbonyl (C=O) groups is 1. The van der Waals surface area contributed by atoms with E-state index in [0.717, 1.165) is 0 Å². The average molecular weight is 194 g/mol. The Bertz CT molecular complexity index is 448. The van der Waals surface area contributed by atoms with Crippen molar-refractivity contribution >= 4 is 11.7 Å². The van der Waals surface area contributed by atoms with E-state index in [9.17, 15) is 9.59 Å². The molecule has 0 saturated carbocycles. The first-order valence-corrected chi connectivity index (χ1v) is 4.23. The van der Waals surface area contributed by atoms with Crippen molar-refractivity contribution in [3.8, 4) is 5.75 Å². The van der Waals surface area contributed by atoms with Gasteiger partial charge in [0.05, 0.1) is 0 Å². The number of nitrogens with one attached hydrogen (secondary N) is 2. The molecule has 1 aromatic heterocycles. The molecule has 0 spiro atoms. The fourth-order valence-corrected chi connectivity index (χ4v) is 1.22. The SMILES string of the molecule is CC1(C)Oc2ccc(=O)[nH]c2NC1=O. The van der Waals surface area contributed by atoms with Gasteiger partial charge in [-0.3, -0.25) is 9.59 Å². The van der Waals surface area contributed by atoms with Crippen molar-refractivity contribution < 1.29 is 9.53 Å². The lowest BCUT2D eigenvalue weighted by molar-refractivity contribution is -0.129. The predicted octanol–water partition coefficient (Wildman–Crippen LogP) is 0.484. The van der Waals surface area contributed by atoms with Crippen LogP contribution in [0.1, 0.15) is 13.8 Å². The number of hydrogen-bond acceptors (Lipinski definition) is 3. The highest BCUT2D eigenvalue weighted by atomic mass is 16.5. The lowest BCUT2D eigenvalue weighted by atomic mass is 10.1. The highest BCUT2D eigenvalue weighted by Crippen LogP contribution is 2.29. The molecule has 74 valence electrons. The van der Waals surface area contributed by atoms with E-state index in [-0.39, 0.29) is 11.5 Å². The van der Waals surface area contributed by atoms with E-state index >= 15 is 0 Å². The van der Waals surface area contributed by atoms with E-state index < -0.39 is 5.60 Å². The molecule has 0 radical (unpaired) electrons. The van der Waals surface area contributed by atoms with Crippen molar-refractivity contribution in [2.45, 2.75) is 19.4 Å². The molecule has 5 heteroatoms. The normalized spacial score (nSPS) is 18.0. The second-order valence-corrected chi connectivity index (χ2v) is 3.63. The molecule has 14 heavy (non-hydrogen) atoms. The van der Waals surface area contributed by atoms with Crippen LogP contribution < -0.4 is 15.6 Å². The van der Waals surface area contributed by atoms with Crippen molar-refractivity contribution in [1.29, 1.82) is 0 Å². The van der Waals surface area contributed by atoms with E-state index in [1.54, 1.807) is 13.8 Å². The second kappa shape index (κ2) is 2.60. The molecular formula is C9H10N2O3. The van der Waals surface area contributed by atoms with Crippen LogP contribution in [0.4, 0.5) is 5.82 Å². The summed E-state index contributed by atoms with van der Waals surface area (Å²) in [6, 6.07) is 2.89. The van der Waals surface area contributed by atoms with Gasteiger partial charge in [-0.2, -0.15) is 0 Å². The number of amides is 1. The Morgan fingerprint density at radius 2 is 2.00 bits per heavy atom. The molecule has 0 atom stereocenters. The van der Waals surface area contributed by atoms with Crippen LogP contribution in [0.15, 0.2) is 16.9 Å². The van der Waals surface area contributed by atoms with Gasteiger partial charge in [-0.25, -0.2) is 0 Å². The minimum atomic E-state index is -0.898. The summed E-state index contributed by atoms with van der Waals surface area (Å²) in [6.07, 6.45) is 0. The fourth-order valence-electron chi connectivity index (χ4n) is 1.22. The quantitative estimate of drug-likeness (QED) is 0.631. The molecule has 1 amide bonds. The Kier molecular flexibility index (Phi) is 1.64. The summed E-state index contributed by atoms with van der Waals surface area (Å²) < 4.78 is 5.40. The summed E-state index contributed by atoms with van der Waals surface area (Å²) in [4.78, 5) is 24.9. The second-order valence-electron chi connectivity index (χ2n) is 3.63. The number of ether oxygens (including phenoxy) is 1. The lowest BCUT2D eigenvalue weighted by Gasteiger charge is -2.30. The Labute approximate surface area is 80.1 Å². The monoisotopic (exact) mass is 194 g/mol. The molecule has 1 aliphatic heterocycles. The average Bonchev–Trinajstić information content (AvgIpc) is 2.08. The van der Waals surface area contributed by atoms with Gasteiger partial charge in [-0.05, 0) is 19.9 Å². The summed E-state index contributed by atoms with van der Waals surface area (Å²) in [5.74, 6) is 0.530. The molecule has 0 unspecified atom stereocenters. The van der Waals surface area contributed by atoms with E-state index in [4.69, 9.17) is 4.74 Å². The molecule has 0 saturated heterocycles. The zero-order valence-corrected chi connectivity index (χ0v) is 7.88. The van der Waals surface area contributed by atoms with Crippen molar-refractivity contribution in [3.63, 3.8) is 0 Å². The molecule has 0 fully saturated rings. The number of H-pyrrole nitrogens is 1. The zero-order chi connectivity index (χ0) is 10.3. The number of aromatic amines is 1. The third-order valence-electron chi connectivity index (χ3n) is 2.03. The zero-order valence-electron chi connectivity index (χ0n) is 7.88. The molecule has 0 aromatic carbocycles. The van der Waals surface area contributed by atoms with Crippen molar-refractivity contribution in [2.24, 2.45) is 0 Å². The maximum Gasteiger partial charge on any atom is 0.269 e. The first-order chi connectivity index (χ1) is 6.49. The van der Waals surface area contributed by atoms with Gasteiger partial charge in [0, 0.05) is 6.07 Å². The molecule has 1 aliphatic rings. The number of aromatic nitrogens is 1.